The lowest BCUT2D eigenvalue weighted by Gasteiger charge is -1.94. The van der Waals surface area contributed by atoms with Gasteiger partial charge in [-0.2, -0.15) is 0 Å². The van der Waals surface area contributed by atoms with Gasteiger partial charge in [0.25, 0.3) is 0 Å². The smallest absolute Gasteiger partial charge is 0.345 e. The second kappa shape index (κ2) is 3.34. The summed E-state index contributed by atoms with van der Waals surface area (Å²) in [6.45, 7) is 1.99. The van der Waals surface area contributed by atoms with Crippen LogP contribution in [0.25, 0.3) is 10.2 Å². The molecular formula is C9H8N2O2S. The van der Waals surface area contributed by atoms with Gasteiger partial charge in [0, 0.05) is 0 Å². The number of aryl methyl sites for hydroxylation is 1. The molecule has 0 aromatic carbocycles. The first-order chi connectivity index (χ1) is 6.72. The summed E-state index contributed by atoms with van der Waals surface area (Å²) >= 11 is 1.23. The van der Waals surface area contributed by atoms with Gasteiger partial charge in [-0.15, -0.1) is 11.3 Å². The topological polar surface area (TPSA) is 63.1 Å². The molecule has 0 saturated heterocycles. The summed E-state index contributed by atoms with van der Waals surface area (Å²) in [6.07, 6.45) is 2.26. The molecule has 0 spiro atoms. The SMILES string of the molecule is CCc1ncnc2cc(C(=O)O)sc12. The monoisotopic (exact) mass is 208 g/mol. The molecular weight excluding hydrogens is 200 g/mol. The first-order valence-corrected chi connectivity index (χ1v) is 5.00. The van der Waals surface area contributed by atoms with Crippen LogP contribution in [0.15, 0.2) is 12.4 Å². The number of hydrogen-bond acceptors (Lipinski definition) is 4. The van der Waals surface area contributed by atoms with Crippen LogP contribution in [0.2, 0.25) is 0 Å². The second-order valence-electron chi connectivity index (χ2n) is 2.80. The third-order valence-corrected chi connectivity index (χ3v) is 3.09. The fraction of sp³-hybridized carbons (Fsp3) is 0.222. The zero-order valence-corrected chi connectivity index (χ0v) is 8.34. The molecule has 2 rings (SSSR count). The lowest BCUT2D eigenvalue weighted by molar-refractivity contribution is 0.0702. The van der Waals surface area contributed by atoms with E-state index in [-0.39, 0.29) is 0 Å². The maximum Gasteiger partial charge on any atom is 0.345 e. The first kappa shape index (κ1) is 9.08. The highest BCUT2D eigenvalue weighted by molar-refractivity contribution is 7.20. The number of rotatable bonds is 2. The van der Waals surface area contributed by atoms with Crippen LogP contribution in [0.1, 0.15) is 22.3 Å². The molecule has 0 radical (unpaired) electrons. The van der Waals surface area contributed by atoms with Gasteiger partial charge in [0.2, 0.25) is 0 Å². The molecule has 2 aromatic heterocycles. The summed E-state index contributed by atoms with van der Waals surface area (Å²) in [5.41, 5.74) is 1.63. The third-order valence-electron chi connectivity index (χ3n) is 1.93. The Morgan fingerprint density at radius 3 is 3.00 bits per heavy atom. The van der Waals surface area contributed by atoms with Crippen molar-refractivity contribution in [2.24, 2.45) is 0 Å². The van der Waals surface area contributed by atoms with Crippen molar-refractivity contribution in [3.63, 3.8) is 0 Å². The largest absolute Gasteiger partial charge is 0.477 e. The number of aromatic nitrogens is 2. The van der Waals surface area contributed by atoms with Crippen LogP contribution in [-0.2, 0) is 6.42 Å². The second-order valence-corrected chi connectivity index (χ2v) is 3.86. The van der Waals surface area contributed by atoms with E-state index in [1.165, 1.54) is 17.7 Å². The quantitative estimate of drug-likeness (QED) is 0.819. The molecule has 0 amide bonds. The number of nitrogens with zero attached hydrogens (tertiary/aromatic N) is 2. The molecule has 0 atom stereocenters. The van der Waals surface area contributed by atoms with Crippen LogP contribution in [0, 0.1) is 0 Å². The highest BCUT2D eigenvalue weighted by atomic mass is 32.1. The van der Waals surface area contributed by atoms with E-state index in [0.717, 1.165) is 22.3 Å². The minimum absolute atomic E-state index is 0.315. The number of aromatic carboxylic acids is 1. The molecule has 5 heteroatoms. The molecule has 1 N–H and O–H groups in total. The lowest BCUT2D eigenvalue weighted by atomic mass is 10.3. The zero-order chi connectivity index (χ0) is 10.1. The van der Waals surface area contributed by atoms with Crippen molar-refractivity contribution in [3.8, 4) is 0 Å². The molecule has 0 aliphatic heterocycles. The van der Waals surface area contributed by atoms with Crippen molar-refractivity contribution in [1.82, 2.24) is 9.97 Å². The van der Waals surface area contributed by atoms with Crippen molar-refractivity contribution < 1.29 is 9.90 Å². The number of fused-ring (bicyclic) bond motifs is 1. The Bertz CT molecular complexity index is 493. The van der Waals surface area contributed by atoms with E-state index >= 15 is 0 Å². The van der Waals surface area contributed by atoms with E-state index in [2.05, 4.69) is 9.97 Å². The van der Waals surface area contributed by atoms with Crippen molar-refractivity contribution in [3.05, 3.63) is 23.0 Å². The average Bonchev–Trinajstić information content (AvgIpc) is 2.60. The Morgan fingerprint density at radius 1 is 1.57 bits per heavy atom. The fourth-order valence-corrected chi connectivity index (χ4v) is 2.27. The molecule has 0 aliphatic carbocycles. The van der Waals surface area contributed by atoms with Gasteiger partial charge in [-0.05, 0) is 12.5 Å². The Kier molecular flexibility index (Phi) is 2.17. The highest BCUT2D eigenvalue weighted by Crippen LogP contribution is 2.26. The maximum absolute atomic E-state index is 10.7. The van der Waals surface area contributed by atoms with Crippen molar-refractivity contribution in [2.45, 2.75) is 13.3 Å². The molecule has 0 aliphatic rings. The van der Waals surface area contributed by atoms with Gasteiger partial charge in [0.1, 0.15) is 11.2 Å². The average molecular weight is 208 g/mol. The standard InChI is InChI=1S/C9H8N2O2S/c1-2-5-8-6(11-4-10-5)3-7(14-8)9(12)13/h3-4H,2H2,1H3,(H,12,13). The van der Waals surface area contributed by atoms with Crippen LogP contribution in [0.5, 0.6) is 0 Å². The predicted molar refractivity (Wildman–Crippen MR) is 53.8 cm³/mol. The number of carbonyl (C=O) groups is 1. The van der Waals surface area contributed by atoms with Crippen LogP contribution in [0.4, 0.5) is 0 Å². The van der Waals surface area contributed by atoms with Gasteiger partial charge < -0.3 is 5.11 Å². The minimum atomic E-state index is -0.907. The number of carboxylic acids is 1. The van der Waals surface area contributed by atoms with E-state index < -0.39 is 5.97 Å². The van der Waals surface area contributed by atoms with E-state index in [9.17, 15) is 4.79 Å². The normalized spacial score (nSPS) is 10.6. The van der Waals surface area contributed by atoms with Crippen LogP contribution >= 0.6 is 11.3 Å². The summed E-state index contributed by atoms with van der Waals surface area (Å²) in [5.74, 6) is -0.907. The summed E-state index contributed by atoms with van der Waals surface area (Å²) in [4.78, 5) is 19.2. The minimum Gasteiger partial charge on any atom is -0.477 e. The van der Waals surface area contributed by atoms with Gasteiger partial charge in [-0.1, -0.05) is 6.92 Å². The van der Waals surface area contributed by atoms with Crippen LogP contribution < -0.4 is 0 Å². The Hall–Kier alpha value is -1.49. The van der Waals surface area contributed by atoms with Gasteiger partial charge in [-0.25, -0.2) is 14.8 Å². The van der Waals surface area contributed by atoms with Crippen LogP contribution in [-0.4, -0.2) is 21.0 Å². The molecule has 0 unspecified atom stereocenters. The number of hydrogen-bond donors (Lipinski definition) is 1. The van der Waals surface area contributed by atoms with Crippen molar-refractivity contribution >= 4 is 27.5 Å². The molecule has 2 heterocycles. The molecule has 0 fully saturated rings. The first-order valence-electron chi connectivity index (χ1n) is 4.19. The Balaban J connectivity index is 2.70. The molecule has 0 bridgehead atoms. The lowest BCUT2D eigenvalue weighted by Crippen LogP contribution is -1.89. The number of thiophene rings is 1. The molecule has 2 aromatic rings. The third kappa shape index (κ3) is 1.35. The van der Waals surface area contributed by atoms with E-state index in [1.807, 2.05) is 6.92 Å². The maximum atomic E-state index is 10.7. The molecule has 0 saturated carbocycles. The summed E-state index contributed by atoms with van der Waals surface area (Å²) < 4.78 is 0.882. The van der Waals surface area contributed by atoms with Gasteiger partial charge in [-0.3, -0.25) is 0 Å². The van der Waals surface area contributed by atoms with Gasteiger partial charge >= 0.3 is 5.97 Å². The number of carboxylic acid groups (broad SMARTS) is 1. The zero-order valence-electron chi connectivity index (χ0n) is 7.52. The highest BCUT2D eigenvalue weighted by Gasteiger charge is 2.11. The van der Waals surface area contributed by atoms with Crippen molar-refractivity contribution in [2.75, 3.05) is 0 Å². The summed E-state index contributed by atoms with van der Waals surface area (Å²) in [7, 11) is 0. The summed E-state index contributed by atoms with van der Waals surface area (Å²) in [6, 6.07) is 1.59. The Morgan fingerprint density at radius 2 is 2.36 bits per heavy atom. The Labute approximate surface area is 84.2 Å². The predicted octanol–water partition coefficient (Wildman–Crippen LogP) is 1.95. The molecule has 14 heavy (non-hydrogen) atoms. The van der Waals surface area contributed by atoms with Crippen LogP contribution in [0.3, 0.4) is 0 Å². The van der Waals surface area contributed by atoms with E-state index in [0.29, 0.717) is 4.88 Å². The van der Waals surface area contributed by atoms with Crippen molar-refractivity contribution in [1.29, 1.82) is 0 Å². The summed E-state index contributed by atoms with van der Waals surface area (Å²) in [5, 5.41) is 8.81. The molecule has 4 nitrogen and oxygen atoms in total. The van der Waals surface area contributed by atoms with E-state index in [4.69, 9.17) is 5.11 Å². The van der Waals surface area contributed by atoms with Gasteiger partial charge in [0.15, 0.2) is 0 Å². The van der Waals surface area contributed by atoms with Gasteiger partial charge in [0.05, 0.1) is 15.9 Å². The fourth-order valence-electron chi connectivity index (χ4n) is 1.26. The van der Waals surface area contributed by atoms with E-state index in [1.54, 1.807) is 6.07 Å². The molecule has 72 valence electrons.